The van der Waals surface area contributed by atoms with E-state index in [0.29, 0.717) is 6.54 Å². The summed E-state index contributed by atoms with van der Waals surface area (Å²) in [7, 11) is 2.28. The van der Waals surface area contributed by atoms with Gasteiger partial charge in [-0.2, -0.15) is 0 Å². The molecule has 0 amide bonds. The van der Waals surface area contributed by atoms with Crippen LogP contribution in [0.1, 0.15) is 24.8 Å². The second-order valence-corrected chi connectivity index (χ2v) is 6.91. The van der Waals surface area contributed by atoms with Crippen molar-refractivity contribution in [2.45, 2.75) is 31.7 Å². The minimum absolute atomic E-state index is 0.652. The van der Waals surface area contributed by atoms with Gasteiger partial charge in [-0.3, -0.25) is 0 Å². The van der Waals surface area contributed by atoms with Gasteiger partial charge in [0.2, 0.25) is 0 Å². The number of nitrogens with zero attached hydrogens (tertiary/aromatic N) is 2. The van der Waals surface area contributed by atoms with E-state index in [1.54, 1.807) is 0 Å². The molecule has 0 saturated carbocycles. The summed E-state index contributed by atoms with van der Waals surface area (Å²) >= 11 is 6.40. The van der Waals surface area contributed by atoms with Gasteiger partial charge in [0.05, 0.1) is 0 Å². The van der Waals surface area contributed by atoms with Gasteiger partial charge in [0.15, 0.2) is 0 Å². The highest BCUT2D eigenvalue weighted by atomic mass is 35.5. The van der Waals surface area contributed by atoms with Gasteiger partial charge in [0, 0.05) is 29.8 Å². The topological polar surface area (TPSA) is 32.5 Å². The number of benzene rings is 1. The van der Waals surface area contributed by atoms with E-state index >= 15 is 0 Å². The van der Waals surface area contributed by atoms with Gasteiger partial charge >= 0.3 is 0 Å². The van der Waals surface area contributed by atoms with Crippen LogP contribution in [0.25, 0.3) is 0 Å². The van der Waals surface area contributed by atoms with Gasteiger partial charge in [-0.25, -0.2) is 0 Å². The van der Waals surface area contributed by atoms with E-state index in [0.717, 1.165) is 35.5 Å². The standard InChI is InChI=1S/C17H26ClN3/c1-20-9-2-3-14-12-21(10-7-17(14)20)15-5-4-13(6-8-19)16(18)11-15/h4-5,11,14,17H,2-3,6-10,12,19H2,1H3. The van der Waals surface area contributed by atoms with Crippen LogP contribution in [0.3, 0.4) is 0 Å². The fourth-order valence-electron chi connectivity index (χ4n) is 3.98. The Labute approximate surface area is 133 Å². The van der Waals surface area contributed by atoms with E-state index in [1.165, 1.54) is 38.0 Å². The summed E-state index contributed by atoms with van der Waals surface area (Å²) in [5.74, 6) is 0.806. The van der Waals surface area contributed by atoms with Gasteiger partial charge in [-0.05, 0) is 69.4 Å². The molecule has 0 bridgehead atoms. The van der Waals surface area contributed by atoms with E-state index in [9.17, 15) is 0 Å². The van der Waals surface area contributed by atoms with Crippen LogP contribution in [0.4, 0.5) is 5.69 Å². The van der Waals surface area contributed by atoms with Gasteiger partial charge in [-0.1, -0.05) is 17.7 Å². The largest absolute Gasteiger partial charge is 0.371 e. The molecule has 2 fully saturated rings. The maximum absolute atomic E-state index is 6.40. The third-order valence-corrected chi connectivity index (χ3v) is 5.51. The molecule has 2 N–H and O–H groups in total. The smallest absolute Gasteiger partial charge is 0.0459 e. The third-order valence-electron chi connectivity index (χ3n) is 5.16. The number of rotatable bonds is 3. The lowest BCUT2D eigenvalue weighted by atomic mass is 9.84. The number of anilines is 1. The van der Waals surface area contributed by atoms with Crippen molar-refractivity contribution in [1.82, 2.24) is 4.90 Å². The van der Waals surface area contributed by atoms with Crippen LogP contribution in [-0.2, 0) is 6.42 Å². The van der Waals surface area contributed by atoms with Crippen molar-refractivity contribution < 1.29 is 0 Å². The summed E-state index contributed by atoms with van der Waals surface area (Å²) in [6.07, 6.45) is 4.82. The lowest BCUT2D eigenvalue weighted by Gasteiger charge is -2.46. The van der Waals surface area contributed by atoms with Crippen molar-refractivity contribution in [3.05, 3.63) is 28.8 Å². The highest BCUT2D eigenvalue weighted by molar-refractivity contribution is 6.31. The molecule has 3 nitrogen and oxygen atoms in total. The number of halogens is 1. The first-order valence-electron chi connectivity index (χ1n) is 8.12. The summed E-state index contributed by atoms with van der Waals surface area (Å²) in [5, 5.41) is 0.862. The van der Waals surface area contributed by atoms with Crippen molar-refractivity contribution in [3.63, 3.8) is 0 Å². The van der Waals surface area contributed by atoms with Gasteiger partial charge in [-0.15, -0.1) is 0 Å². The first-order valence-corrected chi connectivity index (χ1v) is 8.50. The van der Waals surface area contributed by atoms with Gasteiger partial charge < -0.3 is 15.5 Å². The van der Waals surface area contributed by atoms with Gasteiger partial charge in [0.25, 0.3) is 0 Å². The van der Waals surface area contributed by atoms with Crippen molar-refractivity contribution in [2.75, 3.05) is 38.1 Å². The molecule has 116 valence electrons. The second kappa shape index (κ2) is 6.55. The Morgan fingerprint density at radius 1 is 1.29 bits per heavy atom. The Bertz CT molecular complexity index is 491. The maximum atomic E-state index is 6.40. The summed E-state index contributed by atoms with van der Waals surface area (Å²) in [6.45, 7) is 4.22. The number of hydrogen-bond donors (Lipinski definition) is 1. The molecule has 2 unspecified atom stereocenters. The predicted molar refractivity (Wildman–Crippen MR) is 90.2 cm³/mol. The fraction of sp³-hybridized carbons (Fsp3) is 0.647. The average molecular weight is 308 g/mol. The summed E-state index contributed by atoms with van der Waals surface area (Å²) in [4.78, 5) is 5.07. The monoisotopic (exact) mass is 307 g/mol. The van der Waals surface area contributed by atoms with Crippen LogP contribution in [-0.4, -0.2) is 44.2 Å². The maximum Gasteiger partial charge on any atom is 0.0459 e. The number of fused-ring (bicyclic) bond motifs is 1. The van der Waals surface area contributed by atoms with Crippen LogP contribution in [0.2, 0.25) is 5.02 Å². The minimum Gasteiger partial charge on any atom is -0.371 e. The zero-order valence-electron chi connectivity index (χ0n) is 12.9. The van der Waals surface area contributed by atoms with E-state index in [2.05, 4.69) is 35.0 Å². The molecule has 0 radical (unpaired) electrons. The Balaban J connectivity index is 1.72. The molecule has 21 heavy (non-hydrogen) atoms. The van der Waals surface area contributed by atoms with Crippen LogP contribution in [0, 0.1) is 5.92 Å². The summed E-state index contributed by atoms with van der Waals surface area (Å²) in [6, 6.07) is 7.26. The molecule has 2 saturated heterocycles. The Kier molecular flexibility index (Phi) is 4.72. The molecule has 2 heterocycles. The normalized spacial score (nSPS) is 26.7. The summed E-state index contributed by atoms with van der Waals surface area (Å²) in [5.41, 5.74) is 8.06. The molecule has 2 atom stereocenters. The Morgan fingerprint density at radius 3 is 2.90 bits per heavy atom. The molecule has 2 aliphatic heterocycles. The molecule has 2 aliphatic rings. The lowest BCUT2D eigenvalue weighted by molar-refractivity contribution is 0.102. The highest BCUT2D eigenvalue weighted by Gasteiger charge is 2.34. The first kappa shape index (κ1) is 15.1. The number of hydrogen-bond acceptors (Lipinski definition) is 3. The van der Waals surface area contributed by atoms with Crippen molar-refractivity contribution >= 4 is 17.3 Å². The van der Waals surface area contributed by atoms with Crippen LogP contribution >= 0.6 is 11.6 Å². The average Bonchev–Trinajstić information content (AvgIpc) is 2.49. The predicted octanol–water partition coefficient (Wildman–Crippen LogP) is 2.76. The highest BCUT2D eigenvalue weighted by Crippen LogP contribution is 2.33. The summed E-state index contributed by atoms with van der Waals surface area (Å²) < 4.78 is 0. The zero-order valence-corrected chi connectivity index (χ0v) is 13.6. The minimum atomic E-state index is 0.652. The second-order valence-electron chi connectivity index (χ2n) is 6.50. The van der Waals surface area contributed by atoms with E-state index in [1.807, 2.05) is 0 Å². The fourth-order valence-corrected chi connectivity index (χ4v) is 4.25. The Hall–Kier alpha value is -0.770. The molecule has 4 heteroatoms. The quantitative estimate of drug-likeness (QED) is 0.932. The molecule has 1 aromatic rings. The molecule has 0 aromatic heterocycles. The lowest BCUT2D eigenvalue weighted by Crippen LogP contribution is -2.52. The SMILES string of the molecule is CN1CCCC2CN(c3ccc(CCN)c(Cl)c3)CCC21. The van der Waals surface area contributed by atoms with Crippen LogP contribution < -0.4 is 10.6 Å². The number of likely N-dealkylation sites (tertiary alicyclic amines) is 1. The van der Waals surface area contributed by atoms with Crippen molar-refractivity contribution in [2.24, 2.45) is 11.7 Å². The van der Waals surface area contributed by atoms with Crippen molar-refractivity contribution in [1.29, 1.82) is 0 Å². The third kappa shape index (κ3) is 3.20. The molecule has 1 aromatic carbocycles. The van der Waals surface area contributed by atoms with Gasteiger partial charge in [0.1, 0.15) is 0 Å². The zero-order chi connectivity index (χ0) is 14.8. The van der Waals surface area contributed by atoms with Crippen LogP contribution in [0.5, 0.6) is 0 Å². The first-order chi connectivity index (χ1) is 10.2. The van der Waals surface area contributed by atoms with E-state index in [-0.39, 0.29) is 0 Å². The van der Waals surface area contributed by atoms with E-state index < -0.39 is 0 Å². The molecule has 0 spiro atoms. The number of nitrogens with two attached hydrogens (primary N) is 1. The van der Waals surface area contributed by atoms with E-state index in [4.69, 9.17) is 17.3 Å². The molecular formula is C17H26ClN3. The van der Waals surface area contributed by atoms with Crippen molar-refractivity contribution in [3.8, 4) is 0 Å². The van der Waals surface area contributed by atoms with Crippen LogP contribution in [0.15, 0.2) is 18.2 Å². The number of piperidine rings is 2. The molecule has 0 aliphatic carbocycles. The molecule has 3 rings (SSSR count). The molecular weight excluding hydrogens is 282 g/mol. The Morgan fingerprint density at radius 2 is 2.14 bits per heavy atom.